The average Bonchev–Trinajstić information content (AvgIpc) is 2.71. The topological polar surface area (TPSA) is 102 Å². The molecule has 1 saturated heterocycles. The van der Waals surface area contributed by atoms with Crippen LogP contribution in [-0.2, 0) is 4.74 Å². The molecule has 0 bridgehead atoms. The van der Waals surface area contributed by atoms with Crippen LogP contribution in [0.2, 0.25) is 5.15 Å². The Bertz CT molecular complexity index is 740. The molecule has 140 valence electrons. The quantitative estimate of drug-likeness (QED) is 0.791. The second kappa shape index (κ2) is 9.35. The number of methoxy groups -OCH3 is 1. The molecule has 8 heteroatoms. The molecule has 1 aromatic heterocycles. The van der Waals surface area contributed by atoms with Crippen LogP contribution in [0.3, 0.4) is 0 Å². The number of anilines is 2. The minimum atomic E-state index is -0.322. The van der Waals surface area contributed by atoms with Crippen molar-refractivity contribution in [1.82, 2.24) is 10.2 Å². The van der Waals surface area contributed by atoms with Gasteiger partial charge in [-0.25, -0.2) is 4.79 Å². The minimum absolute atomic E-state index is 0.322. The van der Waals surface area contributed by atoms with Crippen LogP contribution in [0.25, 0.3) is 0 Å². The second-order valence-electron chi connectivity index (χ2n) is 5.84. The third kappa shape index (κ3) is 4.62. The molecule has 0 radical (unpaired) electrons. The van der Waals surface area contributed by atoms with Crippen molar-refractivity contribution in [2.75, 3.05) is 37.9 Å². The van der Waals surface area contributed by atoms with Crippen molar-refractivity contribution in [3.8, 4) is 0 Å². The first-order valence-corrected chi connectivity index (χ1v) is 8.63. The zero-order valence-electron chi connectivity index (χ0n) is 14.9. The van der Waals surface area contributed by atoms with Gasteiger partial charge in [0, 0.05) is 32.2 Å². The number of esters is 1. The second-order valence-corrected chi connectivity index (χ2v) is 6.22. The highest BCUT2D eigenvalue weighted by Crippen LogP contribution is 2.32. The number of nitrogens with two attached hydrogens (primary N) is 1. The molecule has 26 heavy (non-hydrogen) atoms. The molecule has 3 rings (SSSR count). The molecule has 3 N–H and O–H groups in total. The maximum absolute atomic E-state index is 11.5. The normalized spacial score (nSPS) is 16.5. The summed E-state index contributed by atoms with van der Waals surface area (Å²) in [4.78, 5) is 13.7. The summed E-state index contributed by atoms with van der Waals surface area (Å²) in [5.74, 6) is 0.426. The Hall–Kier alpha value is -2.38. The zero-order valence-corrected chi connectivity index (χ0v) is 15.6. The predicted octanol–water partition coefficient (Wildman–Crippen LogP) is 2.49. The molecule has 7 nitrogen and oxygen atoms in total. The van der Waals surface area contributed by atoms with Gasteiger partial charge in [-0.2, -0.15) is 0 Å². The molecule has 1 aromatic carbocycles. The van der Waals surface area contributed by atoms with Crippen LogP contribution in [0.5, 0.6) is 0 Å². The fraction of sp³-hybridized carbons (Fsp3) is 0.389. The minimum Gasteiger partial charge on any atom is -0.465 e. The number of aliphatic hydroxyl groups excluding tert-OH is 1. The third-order valence-corrected chi connectivity index (χ3v) is 4.52. The van der Waals surface area contributed by atoms with Crippen LogP contribution in [0.15, 0.2) is 30.3 Å². The summed E-state index contributed by atoms with van der Waals surface area (Å²) in [6, 6.07) is 9.34. The molecule has 1 aliphatic rings. The molecular formula is C18H23ClN4O3. The number of nitrogen functional groups attached to an aromatic ring is 1. The number of hydrogen-bond acceptors (Lipinski definition) is 7. The summed E-state index contributed by atoms with van der Waals surface area (Å²) in [5, 5.41) is 15.0. The van der Waals surface area contributed by atoms with E-state index < -0.39 is 0 Å². The summed E-state index contributed by atoms with van der Waals surface area (Å²) in [5.41, 5.74) is 8.52. The molecule has 0 amide bonds. The lowest BCUT2D eigenvalue weighted by atomic mass is 9.90. The van der Waals surface area contributed by atoms with E-state index in [0.717, 1.165) is 38.7 Å². The predicted molar refractivity (Wildman–Crippen MR) is 102 cm³/mol. The monoisotopic (exact) mass is 378 g/mol. The van der Waals surface area contributed by atoms with Crippen LogP contribution >= 0.6 is 11.6 Å². The lowest BCUT2D eigenvalue weighted by Gasteiger charge is -2.35. The Morgan fingerprint density at radius 1 is 1.31 bits per heavy atom. The number of carbonyl (C=O) groups excluding carboxylic acids is 1. The van der Waals surface area contributed by atoms with E-state index in [-0.39, 0.29) is 5.97 Å². The fourth-order valence-electron chi connectivity index (χ4n) is 3.10. The van der Waals surface area contributed by atoms with E-state index in [0.29, 0.717) is 22.5 Å². The Morgan fingerprint density at radius 2 is 2.00 bits per heavy atom. The number of carbonyl (C=O) groups is 1. The lowest BCUT2D eigenvalue weighted by molar-refractivity contribution is 0.0600. The van der Waals surface area contributed by atoms with Crippen LogP contribution in [0, 0.1) is 0 Å². The maximum Gasteiger partial charge on any atom is 0.337 e. The van der Waals surface area contributed by atoms with Gasteiger partial charge in [-0.3, -0.25) is 0 Å². The Balaban J connectivity index is 0.00000117. The zero-order chi connectivity index (χ0) is 19.1. The van der Waals surface area contributed by atoms with Gasteiger partial charge >= 0.3 is 5.97 Å². The summed E-state index contributed by atoms with van der Waals surface area (Å²) in [6.45, 7) is 1.73. The van der Waals surface area contributed by atoms with Crippen molar-refractivity contribution in [3.63, 3.8) is 0 Å². The smallest absolute Gasteiger partial charge is 0.337 e. The van der Waals surface area contributed by atoms with Crippen molar-refractivity contribution < 1.29 is 14.6 Å². The summed E-state index contributed by atoms with van der Waals surface area (Å²) in [7, 11) is 2.38. The molecule has 0 aliphatic carbocycles. The number of hydrogen-bond donors (Lipinski definition) is 2. The van der Waals surface area contributed by atoms with Gasteiger partial charge in [0.1, 0.15) is 0 Å². The van der Waals surface area contributed by atoms with Crippen LogP contribution in [-0.4, -0.2) is 48.6 Å². The van der Waals surface area contributed by atoms with Gasteiger partial charge in [0.25, 0.3) is 0 Å². The Kier molecular flexibility index (Phi) is 7.17. The highest BCUT2D eigenvalue weighted by Gasteiger charge is 2.23. The molecule has 1 aliphatic heterocycles. The molecular weight excluding hydrogens is 356 g/mol. The van der Waals surface area contributed by atoms with Gasteiger partial charge in [0.15, 0.2) is 11.0 Å². The van der Waals surface area contributed by atoms with Gasteiger partial charge < -0.3 is 20.5 Å². The van der Waals surface area contributed by atoms with Crippen LogP contribution < -0.4 is 10.6 Å². The van der Waals surface area contributed by atoms with Gasteiger partial charge in [0.05, 0.1) is 18.4 Å². The van der Waals surface area contributed by atoms with E-state index in [9.17, 15) is 4.79 Å². The molecule has 1 atom stereocenters. The van der Waals surface area contributed by atoms with E-state index in [1.165, 1.54) is 12.7 Å². The van der Waals surface area contributed by atoms with E-state index in [1.807, 2.05) is 12.1 Å². The van der Waals surface area contributed by atoms with E-state index in [4.69, 9.17) is 27.2 Å². The number of benzene rings is 1. The van der Waals surface area contributed by atoms with Crippen LogP contribution in [0.1, 0.15) is 34.7 Å². The highest BCUT2D eigenvalue weighted by molar-refractivity contribution is 6.29. The van der Waals surface area contributed by atoms with Crippen molar-refractivity contribution in [1.29, 1.82) is 0 Å². The van der Waals surface area contributed by atoms with Crippen LogP contribution in [0.4, 0.5) is 11.5 Å². The standard InChI is InChI=1S/C17H19ClN4O2.CH4O/c1-24-17(23)12-6-4-11(5-7-12)13-3-2-8-22(10-13)14-9-15(18)20-21-16(14)19;1-2/h4-7,9,13H,2-3,8,10H2,1H3,(H2,19,21);2H,1H3. The van der Waals surface area contributed by atoms with E-state index in [1.54, 1.807) is 18.2 Å². The maximum atomic E-state index is 11.5. The van der Waals surface area contributed by atoms with Gasteiger partial charge in [-0.05, 0) is 30.5 Å². The number of nitrogens with zero attached hydrogens (tertiary/aromatic N) is 3. The van der Waals surface area contributed by atoms with Crippen molar-refractivity contribution >= 4 is 29.1 Å². The van der Waals surface area contributed by atoms with E-state index in [2.05, 4.69) is 15.1 Å². The lowest BCUT2D eigenvalue weighted by Crippen LogP contribution is -2.35. The van der Waals surface area contributed by atoms with Gasteiger partial charge in [-0.15, -0.1) is 10.2 Å². The largest absolute Gasteiger partial charge is 0.465 e. The average molecular weight is 379 g/mol. The summed E-state index contributed by atoms with van der Waals surface area (Å²) < 4.78 is 4.73. The van der Waals surface area contributed by atoms with Crippen molar-refractivity contribution in [2.24, 2.45) is 0 Å². The molecule has 2 heterocycles. The SMILES string of the molecule is CO.COC(=O)c1ccc(C2CCCN(c3cc(Cl)nnc3N)C2)cc1. The molecule has 1 fully saturated rings. The highest BCUT2D eigenvalue weighted by atomic mass is 35.5. The Morgan fingerprint density at radius 3 is 2.65 bits per heavy atom. The first-order valence-electron chi connectivity index (χ1n) is 8.25. The van der Waals surface area contributed by atoms with Gasteiger partial charge in [0.2, 0.25) is 0 Å². The number of rotatable bonds is 3. The first kappa shape index (κ1) is 19.9. The fourth-order valence-corrected chi connectivity index (χ4v) is 3.24. The third-order valence-electron chi connectivity index (χ3n) is 4.34. The Labute approximate surface area is 157 Å². The van der Waals surface area contributed by atoms with Gasteiger partial charge in [-0.1, -0.05) is 23.7 Å². The molecule has 0 spiro atoms. The number of aromatic nitrogens is 2. The molecule has 2 aromatic rings. The van der Waals surface area contributed by atoms with Crippen molar-refractivity contribution in [2.45, 2.75) is 18.8 Å². The van der Waals surface area contributed by atoms with E-state index >= 15 is 0 Å². The number of halogens is 1. The molecule has 0 saturated carbocycles. The first-order chi connectivity index (χ1) is 12.6. The number of ether oxygens (including phenoxy) is 1. The molecule has 1 unspecified atom stereocenters. The number of piperidine rings is 1. The summed E-state index contributed by atoms with van der Waals surface area (Å²) >= 11 is 5.95. The van der Waals surface area contributed by atoms with Crippen molar-refractivity contribution in [3.05, 3.63) is 46.6 Å². The number of aliphatic hydroxyl groups is 1. The summed E-state index contributed by atoms with van der Waals surface area (Å²) in [6.07, 6.45) is 2.13.